The molecule has 1 aliphatic carbocycles. The van der Waals surface area contributed by atoms with Crippen molar-refractivity contribution < 1.29 is 4.79 Å². The molecule has 1 fully saturated rings. The molecule has 1 saturated carbocycles. The van der Waals surface area contributed by atoms with E-state index in [1.807, 2.05) is 23.4 Å². The Kier molecular flexibility index (Phi) is 2.36. The van der Waals surface area contributed by atoms with Crippen LogP contribution < -0.4 is 0 Å². The molecule has 0 N–H and O–H groups in total. The number of carbonyl (C=O) groups excluding carboxylic acids is 1. The maximum Gasteiger partial charge on any atom is 0.225 e. The molecular weight excluding hydrogens is 182 g/mol. The number of hydrogen-bond donors (Lipinski definition) is 0. The van der Waals surface area contributed by atoms with Crippen molar-refractivity contribution in [3.63, 3.8) is 0 Å². The predicted octanol–water partition coefficient (Wildman–Crippen LogP) is 2.12. The van der Waals surface area contributed by atoms with Crippen molar-refractivity contribution in [2.75, 3.05) is 7.05 Å². The van der Waals surface area contributed by atoms with E-state index < -0.39 is 0 Å². The molecule has 3 heteroatoms. The third-order valence-corrected chi connectivity index (χ3v) is 3.14. The molecule has 2 rings (SSSR count). The third kappa shape index (κ3) is 2.10. The molecule has 0 saturated heterocycles. The third-order valence-electron chi connectivity index (χ3n) is 2.28. The highest BCUT2D eigenvalue weighted by Gasteiger charge is 2.31. The fraction of sp³-hybridized carbons (Fsp3) is 0.500. The Hall–Kier alpha value is -0.830. The van der Waals surface area contributed by atoms with Crippen LogP contribution in [-0.2, 0) is 11.3 Å². The number of carbonyl (C=O) groups is 1. The molecule has 1 aromatic heterocycles. The van der Waals surface area contributed by atoms with Crippen LogP contribution >= 0.6 is 11.3 Å². The summed E-state index contributed by atoms with van der Waals surface area (Å²) in [4.78, 5) is 14.7. The summed E-state index contributed by atoms with van der Waals surface area (Å²) in [6.45, 7) is 0.771. The van der Waals surface area contributed by atoms with Gasteiger partial charge in [-0.25, -0.2) is 0 Å². The van der Waals surface area contributed by atoms with Crippen LogP contribution in [0.2, 0.25) is 0 Å². The van der Waals surface area contributed by atoms with Gasteiger partial charge in [-0.3, -0.25) is 4.79 Å². The van der Waals surface area contributed by atoms with Crippen molar-refractivity contribution in [1.82, 2.24) is 4.90 Å². The quantitative estimate of drug-likeness (QED) is 0.723. The Morgan fingerprint density at radius 1 is 1.69 bits per heavy atom. The van der Waals surface area contributed by atoms with Crippen molar-refractivity contribution in [3.8, 4) is 0 Å². The second-order valence-electron chi connectivity index (χ2n) is 3.55. The number of hydrogen-bond acceptors (Lipinski definition) is 2. The Balaban J connectivity index is 1.90. The Bertz CT molecular complexity index is 290. The first kappa shape index (κ1) is 8.75. The molecular formula is C10H13NOS. The normalized spacial score (nSPS) is 15.8. The first-order valence-electron chi connectivity index (χ1n) is 4.55. The zero-order valence-electron chi connectivity index (χ0n) is 7.69. The van der Waals surface area contributed by atoms with Gasteiger partial charge < -0.3 is 4.90 Å². The van der Waals surface area contributed by atoms with Gasteiger partial charge in [0, 0.05) is 17.8 Å². The van der Waals surface area contributed by atoms with Crippen molar-refractivity contribution >= 4 is 17.2 Å². The SMILES string of the molecule is CN(Cc1cccs1)C(=O)C1CC1. The van der Waals surface area contributed by atoms with Gasteiger partial charge >= 0.3 is 0 Å². The number of nitrogens with zero attached hydrogens (tertiary/aromatic N) is 1. The molecule has 1 aliphatic rings. The van der Waals surface area contributed by atoms with Crippen molar-refractivity contribution in [1.29, 1.82) is 0 Å². The van der Waals surface area contributed by atoms with Crippen LogP contribution in [0.1, 0.15) is 17.7 Å². The average Bonchev–Trinajstić information content (AvgIpc) is 2.85. The molecule has 0 aliphatic heterocycles. The Morgan fingerprint density at radius 3 is 3.00 bits per heavy atom. The van der Waals surface area contributed by atoms with Gasteiger partial charge in [-0.05, 0) is 24.3 Å². The maximum atomic E-state index is 11.6. The molecule has 0 radical (unpaired) electrons. The first-order chi connectivity index (χ1) is 6.27. The summed E-state index contributed by atoms with van der Waals surface area (Å²) in [6, 6.07) is 4.09. The minimum atomic E-state index is 0.313. The molecule has 1 amide bonds. The fourth-order valence-corrected chi connectivity index (χ4v) is 2.11. The lowest BCUT2D eigenvalue weighted by Crippen LogP contribution is -2.26. The summed E-state index contributed by atoms with van der Waals surface area (Å²) in [5.41, 5.74) is 0. The highest BCUT2D eigenvalue weighted by molar-refractivity contribution is 7.09. The minimum absolute atomic E-state index is 0.313. The lowest BCUT2D eigenvalue weighted by atomic mass is 10.3. The van der Waals surface area contributed by atoms with E-state index in [0.29, 0.717) is 11.8 Å². The van der Waals surface area contributed by atoms with Gasteiger partial charge in [0.25, 0.3) is 0 Å². The maximum absolute atomic E-state index is 11.6. The standard InChI is InChI=1S/C10H13NOS/c1-11(10(12)8-4-5-8)7-9-3-2-6-13-9/h2-3,6,8H,4-5,7H2,1H3. The van der Waals surface area contributed by atoms with Gasteiger partial charge in [-0.1, -0.05) is 6.07 Å². The number of amides is 1. The Labute approximate surface area is 82.2 Å². The topological polar surface area (TPSA) is 20.3 Å². The highest BCUT2D eigenvalue weighted by atomic mass is 32.1. The van der Waals surface area contributed by atoms with E-state index in [-0.39, 0.29) is 0 Å². The van der Waals surface area contributed by atoms with Gasteiger partial charge in [0.15, 0.2) is 0 Å². The van der Waals surface area contributed by atoms with Crippen LogP contribution in [0.5, 0.6) is 0 Å². The number of rotatable bonds is 3. The molecule has 0 aromatic carbocycles. The zero-order valence-corrected chi connectivity index (χ0v) is 8.51. The molecule has 0 spiro atoms. The molecule has 0 bridgehead atoms. The largest absolute Gasteiger partial charge is 0.340 e. The van der Waals surface area contributed by atoms with E-state index in [2.05, 4.69) is 6.07 Å². The van der Waals surface area contributed by atoms with Crippen LogP contribution in [-0.4, -0.2) is 17.9 Å². The van der Waals surface area contributed by atoms with Gasteiger partial charge in [-0.2, -0.15) is 0 Å². The summed E-state index contributed by atoms with van der Waals surface area (Å²) in [5.74, 6) is 0.651. The van der Waals surface area contributed by atoms with Gasteiger partial charge in [0.1, 0.15) is 0 Å². The number of thiophene rings is 1. The molecule has 1 heterocycles. The summed E-state index contributed by atoms with van der Waals surface area (Å²) in [7, 11) is 1.89. The van der Waals surface area contributed by atoms with Gasteiger partial charge in [-0.15, -0.1) is 11.3 Å². The van der Waals surface area contributed by atoms with E-state index in [0.717, 1.165) is 19.4 Å². The van der Waals surface area contributed by atoms with Crippen molar-refractivity contribution in [2.45, 2.75) is 19.4 Å². The van der Waals surface area contributed by atoms with Crippen LogP contribution in [0.4, 0.5) is 0 Å². The lowest BCUT2D eigenvalue weighted by molar-refractivity contribution is -0.131. The first-order valence-corrected chi connectivity index (χ1v) is 5.42. The molecule has 1 aromatic rings. The van der Waals surface area contributed by atoms with Gasteiger partial charge in [0.05, 0.1) is 6.54 Å². The zero-order chi connectivity index (χ0) is 9.26. The van der Waals surface area contributed by atoms with Gasteiger partial charge in [0.2, 0.25) is 5.91 Å². The second kappa shape index (κ2) is 3.50. The molecule has 0 unspecified atom stereocenters. The second-order valence-corrected chi connectivity index (χ2v) is 4.58. The summed E-state index contributed by atoms with van der Waals surface area (Å²) in [5, 5.41) is 2.05. The van der Waals surface area contributed by atoms with E-state index in [1.165, 1.54) is 4.88 Å². The van der Waals surface area contributed by atoms with E-state index in [1.54, 1.807) is 11.3 Å². The molecule has 13 heavy (non-hydrogen) atoms. The summed E-state index contributed by atoms with van der Waals surface area (Å²) < 4.78 is 0. The van der Waals surface area contributed by atoms with E-state index in [4.69, 9.17) is 0 Å². The average molecular weight is 195 g/mol. The molecule has 70 valence electrons. The minimum Gasteiger partial charge on any atom is -0.340 e. The van der Waals surface area contributed by atoms with Crippen molar-refractivity contribution in [2.24, 2.45) is 5.92 Å². The fourth-order valence-electron chi connectivity index (χ4n) is 1.36. The molecule has 0 atom stereocenters. The predicted molar refractivity (Wildman–Crippen MR) is 53.5 cm³/mol. The van der Waals surface area contributed by atoms with E-state index in [9.17, 15) is 4.79 Å². The smallest absolute Gasteiger partial charge is 0.225 e. The summed E-state index contributed by atoms with van der Waals surface area (Å²) in [6.07, 6.45) is 2.18. The van der Waals surface area contributed by atoms with E-state index >= 15 is 0 Å². The van der Waals surface area contributed by atoms with Crippen LogP contribution in [0.15, 0.2) is 17.5 Å². The molecule has 2 nitrogen and oxygen atoms in total. The highest BCUT2D eigenvalue weighted by Crippen LogP contribution is 2.31. The van der Waals surface area contributed by atoms with Crippen LogP contribution in [0.3, 0.4) is 0 Å². The Morgan fingerprint density at radius 2 is 2.46 bits per heavy atom. The van der Waals surface area contributed by atoms with Crippen molar-refractivity contribution in [3.05, 3.63) is 22.4 Å². The van der Waals surface area contributed by atoms with Crippen LogP contribution in [0, 0.1) is 5.92 Å². The summed E-state index contributed by atoms with van der Waals surface area (Å²) >= 11 is 1.71. The van der Waals surface area contributed by atoms with Crippen LogP contribution in [0.25, 0.3) is 0 Å². The lowest BCUT2D eigenvalue weighted by Gasteiger charge is -2.15. The monoisotopic (exact) mass is 195 g/mol.